The van der Waals surface area contributed by atoms with Crippen molar-refractivity contribution in [3.63, 3.8) is 0 Å². The minimum Gasteiger partial charge on any atom is -0.496 e. The Morgan fingerprint density at radius 2 is 2.24 bits per heavy atom. The van der Waals surface area contributed by atoms with Gasteiger partial charge in [-0.15, -0.1) is 0 Å². The summed E-state index contributed by atoms with van der Waals surface area (Å²) in [7, 11) is 1.56. The van der Waals surface area contributed by atoms with Crippen LogP contribution in [0.2, 0.25) is 5.02 Å². The molecule has 0 bridgehead atoms. The number of benzene rings is 1. The topological polar surface area (TPSA) is 74.2 Å². The zero-order chi connectivity index (χ0) is 12.4. The summed E-state index contributed by atoms with van der Waals surface area (Å²) in [5.74, 6) is 1.41. The largest absolute Gasteiger partial charge is 0.496 e. The average molecular weight is 254 g/mol. The Bertz CT molecular complexity index is 525. The van der Waals surface area contributed by atoms with Crippen molar-refractivity contribution in [1.82, 2.24) is 10.1 Å². The number of aromatic nitrogens is 2. The molecule has 6 heteroatoms. The van der Waals surface area contributed by atoms with E-state index in [1.807, 2.05) is 0 Å². The molecule has 0 saturated heterocycles. The highest BCUT2D eigenvalue weighted by atomic mass is 35.5. The van der Waals surface area contributed by atoms with E-state index in [0.717, 1.165) is 0 Å². The van der Waals surface area contributed by atoms with Gasteiger partial charge in [0.1, 0.15) is 5.75 Å². The molecule has 0 unspecified atom stereocenters. The molecule has 0 fully saturated rings. The highest BCUT2D eigenvalue weighted by Gasteiger charge is 2.15. The fraction of sp³-hybridized carbons (Fsp3) is 0.273. The average Bonchev–Trinajstić information content (AvgIpc) is 2.78. The van der Waals surface area contributed by atoms with Gasteiger partial charge in [0.2, 0.25) is 11.7 Å². The van der Waals surface area contributed by atoms with Crippen molar-refractivity contribution in [3.8, 4) is 17.1 Å². The van der Waals surface area contributed by atoms with Gasteiger partial charge in [-0.3, -0.25) is 0 Å². The molecule has 17 heavy (non-hydrogen) atoms. The number of hydrogen-bond acceptors (Lipinski definition) is 5. The van der Waals surface area contributed by atoms with E-state index >= 15 is 0 Å². The normalized spacial score (nSPS) is 12.5. The lowest BCUT2D eigenvalue weighted by molar-refractivity contribution is 0.361. The molecule has 0 aliphatic heterocycles. The molecule has 1 aromatic heterocycles. The third kappa shape index (κ3) is 2.40. The van der Waals surface area contributed by atoms with Crippen LogP contribution in [-0.4, -0.2) is 17.3 Å². The van der Waals surface area contributed by atoms with Crippen LogP contribution in [0.1, 0.15) is 18.9 Å². The van der Waals surface area contributed by atoms with Crippen molar-refractivity contribution in [2.24, 2.45) is 5.73 Å². The van der Waals surface area contributed by atoms with Crippen LogP contribution in [0.5, 0.6) is 5.75 Å². The molecule has 0 spiro atoms. The molecule has 2 rings (SSSR count). The smallest absolute Gasteiger partial charge is 0.243 e. The van der Waals surface area contributed by atoms with Crippen LogP contribution in [0.4, 0.5) is 0 Å². The summed E-state index contributed by atoms with van der Waals surface area (Å²) in [6.45, 7) is 1.77. The van der Waals surface area contributed by atoms with Gasteiger partial charge in [-0.05, 0) is 25.1 Å². The minimum absolute atomic E-state index is 0.297. The number of halogens is 1. The van der Waals surface area contributed by atoms with Crippen LogP contribution in [0.3, 0.4) is 0 Å². The van der Waals surface area contributed by atoms with Crippen LogP contribution in [0, 0.1) is 0 Å². The van der Waals surface area contributed by atoms with Gasteiger partial charge < -0.3 is 15.0 Å². The Labute approximate surface area is 104 Å². The summed E-state index contributed by atoms with van der Waals surface area (Å²) in [5.41, 5.74) is 6.37. The third-order valence-corrected chi connectivity index (χ3v) is 2.47. The van der Waals surface area contributed by atoms with Crippen molar-refractivity contribution in [2.45, 2.75) is 13.0 Å². The van der Waals surface area contributed by atoms with E-state index < -0.39 is 0 Å². The fourth-order valence-corrected chi connectivity index (χ4v) is 1.54. The van der Waals surface area contributed by atoms with Gasteiger partial charge in [0.25, 0.3) is 0 Å². The van der Waals surface area contributed by atoms with Crippen LogP contribution < -0.4 is 10.5 Å². The van der Waals surface area contributed by atoms with E-state index in [2.05, 4.69) is 10.1 Å². The number of methoxy groups -OCH3 is 1. The first-order valence-corrected chi connectivity index (χ1v) is 5.42. The molecule has 1 heterocycles. The maximum atomic E-state index is 5.87. The highest BCUT2D eigenvalue weighted by Crippen LogP contribution is 2.30. The number of ether oxygens (including phenoxy) is 1. The number of nitrogens with two attached hydrogens (primary N) is 1. The predicted molar refractivity (Wildman–Crippen MR) is 63.9 cm³/mol. The molecule has 2 aromatic rings. The maximum Gasteiger partial charge on any atom is 0.243 e. The molecule has 5 nitrogen and oxygen atoms in total. The van der Waals surface area contributed by atoms with E-state index in [9.17, 15) is 0 Å². The number of hydrogen-bond donors (Lipinski definition) is 1. The molecule has 1 aromatic carbocycles. The summed E-state index contributed by atoms with van der Waals surface area (Å²) in [4.78, 5) is 4.19. The number of nitrogens with zero attached hydrogens (tertiary/aromatic N) is 2. The lowest BCUT2D eigenvalue weighted by Crippen LogP contribution is -2.04. The zero-order valence-corrected chi connectivity index (χ0v) is 10.2. The fourth-order valence-electron chi connectivity index (χ4n) is 1.38. The molecule has 0 aliphatic rings. The Morgan fingerprint density at radius 1 is 1.47 bits per heavy atom. The first kappa shape index (κ1) is 11.9. The summed E-state index contributed by atoms with van der Waals surface area (Å²) in [6.07, 6.45) is 0. The number of rotatable bonds is 3. The Kier molecular flexibility index (Phi) is 3.31. The van der Waals surface area contributed by atoms with Gasteiger partial charge in [0, 0.05) is 5.02 Å². The lowest BCUT2D eigenvalue weighted by atomic mass is 10.2. The first-order valence-electron chi connectivity index (χ1n) is 5.05. The van der Waals surface area contributed by atoms with E-state index in [1.165, 1.54) is 0 Å². The molecule has 0 aliphatic carbocycles. The molecule has 90 valence electrons. The molecular weight excluding hydrogens is 242 g/mol. The molecule has 1 atom stereocenters. The third-order valence-electron chi connectivity index (χ3n) is 2.24. The summed E-state index contributed by atoms with van der Waals surface area (Å²) < 4.78 is 10.2. The Balaban J connectivity index is 2.44. The van der Waals surface area contributed by atoms with E-state index in [1.54, 1.807) is 32.2 Å². The van der Waals surface area contributed by atoms with Gasteiger partial charge in [0.05, 0.1) is 18.7 Å². The van der Waals surface area contributed by atoms with Crippen LogP contribution in [-0.2, 0) is 0 Å². The van der Waals surface area contributed by atoms with Gasteiger partial charge in [0.15, 0.2) is 0 Å². The zero-order valence-electron chi connectivity index (χ0n) is 9.48. The van der Waals surface area contributed by atoms with E-state index in [0.29, 0.717) is 28.1 Å². The second-order valence-corrected chi connectivity index (χ2v) is 4.03. The maximum absolute atomic E-state index is 5.87. The highest BCUT2D eigenvalue weighted by molar-refractivity contribution is 6.30. The first-order chi connectivity index (χ1) is 8.11. The van der Waals surface area contributed by atoms with Crippen molar-refractivity contribution < 1.29 is 9.26 Å². The summed E-state index contributed by atoms with van der Waals surface area (Å²) >= 11 is 5.87. The van der Waals surface area contributed by atoms with Gasteiger partial charge in [-0.25, -0.2) is 0 Å². The molecule has 2 N–H and O–H groups in total. The van der Waals surface area contributed by atoms with E-state index in [-0.39, 0.29) is 6.04 Å². The molecular formula is C11H12ClN3O2. The quantitative estimate of drug-likeness (QED) is 0.909. The van der Waals surface area contributed by atoms with Crippen molar-refractivity contribution in [3.05, 3.63) is 29.1 Å². The van der Waals surface area contributed by atoms with Crippen molar-refractivity contribution in [2.75, 3.05) is 7.11 Å². The molecule has 0 amide bonds. The van der Waals surface area contributed by atoms with Gasteiger partial charge in [-0.1, -0.05) is 16.8 Å². The monoisotopic (exact) mass is 253 g/mol. The van der Waals surface area contributed by atoms with E-state index in [4.69, 9.17) is 26.6 Å². The van der Waals surface area contributed by atoms with Gasteiger partial charge in [-0.2, -0.15) is 4.98 Å². The molecule has 0 radical (unpaired) electrons. The SMILES string of the molecule is COc1cc(Cl)ccc1-c1noc([C@@H](C)N)n1. The van der Waals surface area contributed by atoms with Crippen LogP contribution >= 0.6 is 11.6 Å². The van der Waals surface area contributed by atoms with Crippen molar-refractivity contribution in [1.29, 1.82) is 0 Å². The lowest BCUT2D eigenvalue weighted by Gasteiger charge is -2.04. The van der Waals surface area contributed by atoms with Crippen molar-refractivity contribution >= 4 is 11.6 Å². The second kappa shape index (κ2) is 4.73. The van der Waals surface area contributed by atoms with Crippen LogP contribution in [0.15, 0.2) is 22.7 Å². The standard InChI is InChI=1S/C11H12ClN3O2/c1-6(13)11-14-10(15-17-11)8-4-3-7(12)5-9(8)16-2/h3-6H,13H2,1-2H3/t6-/m1/s1. The Morgan fingerprint density at radius 3 is 2.82 bits per heavy atom. The minimum atomic E-state index is -0.297. The second-order valence-electron chi connectivity index (χ2n) is 3.59. The summed E-state index contributed by atoms with van der Waals surface area (Å²) in [5, 5.41) is 4.44. The predicted octanol–water partition coefficient (Wildman–Crippen LogP) is 2.42. The summed E-state index contributed by atoms with van der Waals surface area (Å²) in [6, 6.07) is 4.91. The molecule has 0 saturated carbocycles. The van der Waals surface area contributed by atoms with Crippen LogP contribution in [0.25, 0.3) is 11.4 Å². The Hall–Kier alpha value is -1.59. The van der Waals surface area contributed by atoms with Gasteiger partial charge >= 0.3 is 0 Å².